The van der Waals surface area contributed by atoms with Crippen molar-refractivity contribution in [2.45, 2.75) is 58.4 Å². The van der Waals surface area contributed by atoms with Crippen LogP contribution in [0.25, 0.3) is 0 Å². The van der Waals surface area contributed by atoms with Crippen molar-refractivity contribution in [2.75, 3.05) is 0 Å². The van der Waals surface area contributed by atoms with Gasteiger partial charge >= 0.3 is 0 Å². The first-order valence-corrected chi connectivity index (χ1v) is 9.04. The fourth-order valence-electron chi connectivity index (χ4n) is 3.95. The minimum Gasteiger partial charge on any atom is -0.271 e. The number of nitrogens with two attached hydrogens (primary N) is 1. The minimum atomic E-state index is 0.293. The summed E-state index contributed by atoms with van der Waals surface area (Å²) in [5, 5.41) is 0.822. The molecule has 0 heterocycles. The zero-order chi connectivity index (χ0) is 15.5. The molecule has 0 aliphatic heterocycles. The number of hydrogen-bond acceptors (Lipinski definition) is 2. The van der Waals surface area contributed by atoms with Crippen LogP contribution >= 0.6 is 27.5 Å². The molecule has 1 aromatic carbocycles. The highest BCUT2D eigenvalue weighted by atomic mass is 79.9. The third kappa shape index (κ3) is 4.22. The fraction of sp³-hybridized carbons (Fsp3) is 0.647. The lowest BCUT2D eigenvalue weighted by atomic mass is 9.71. The maximum absolute atomic E-state index is 6.39. The second-order valence-electron chi connectivity index (χ2n) is 6.83. The SMILES string of the molecule is CC(C)CC1(C(Cc2ccc(Br)cc2Cl)NN)CCCC1. The van der Waals surface area contributed by atoms with E-state index in [9.17, 15) is 0 Å². The zero-order valence-corrected chi connectivity index (χ0v) is 15.3. The van der Waals surface area contributed by atoms with Crippen LogP contribution in [0.1, 0.15) is 51.5 Å². The lowest BCUT2D eigenvalue weighted by molar-refractivity contribution is 0.154. The summed E-state index contributed by atoms with van der Waals surface area (Å²) in [6, 6.07) is 6.42. The van der Waals surface area contributed by atoms with E-state index in [1.807, 2.05) is 6.07 Å². The summed E-state index contributed by atoms with van der Waals surface area (Å²) in [6.45, 7) is 4.61. The summed E-state index contributed by atoms with van der Waals surface area (Å²) in [4.78, 5) is 0. The Kier molecular flexibility index (Phi) is 6.13. The molecule has 3 N–H and O–H groups in total. The normalized spacial score (nSPS) is 19.1. The molecule has 0 radical (unpaired) electrons. The Bertz CT molecular complexity index is 470. The molecule has 1 fully saturated rings. The number of hydrazine groups is 1. The van der Waals surface area contributed by atoms with Gasteiger partial charge in [-0.25, -0.2) is 0 Å². The van der Waals surface area contributed by atoms with E-state index in [2.05, 4.69) is 47.3 Å². The molecule has 2 nitrogen and oxygen atoms in total. The average Bonchev–Trinajstić information content (AvgIpc) is 2.86. The van der Waals surface area contributed by atoms with Crippen molar-refractivity contribution < 1.29 is 0 Å². The van der Waals surface area contributed by atoms with E-state index in [-0.39, 0.29) is 0 Å². The van der Waals surface area contributed by atoms with Gasteiger partial charge in [-0.15, -0.1) is 0 Å². The van der Waals surface area contributed by atoms with E-state index in [0.717, 1.165) is 15.9 Å². The predicted octanol–water partition coefficient (Wildman–Crippen LogP) is 5.08. The van der Waals surface area contributed by atoms with Crippen molar-refractivity contribution >= 4 is 27.5 Å². The first-order valence-electron chi connectivity index (χ1n) is 7.87. The van der Waals surface area contributed by atoms with Crippen molar-refractivity contribution in [3.8, 4) is 0 Å². The van der Waals surface area contributed by atoms with Crippen LogP contribution in [0.3, 0.4) is 0 Å². The average molecular weight is 374 g/mol. The van der Waals surface area contributed by atoms with E-state index in [1.165, 1.54) is 37.7 Å². The molecule has 1 atom stereocenters. The van der Waals surface area contributed by atoms with Gasteiger partial charge in [0.2, 0.25) is 0 Å². The third-order valence-corrected chi connectivity index (χ3v) is 5.64. The van der Waals surface area contributed by atoms with Crippen LogP contribution in [0.2, 0.25) is 5.02 Å². The molecular weight excluding hydrogens is 348 g/mol. The Morgan fingerprint density at radius 3 is 2.52 bits per heavy atom. The maximum atomic E-state index is 6.39. The molecular formula is C17H26BrClN2. The molecule has 0 bridgehead atoms. The van der Waals surface area contributed by atoms with Crippen LogP contribution in [0.4, 0.5) is 0 Å². The lowest BCUT2D eigenvalue weighted by Gasteiger charge is -2.39. The zero-order valence-electron chi connectivity index (χ0n) is 13.0. The van der Waals surface area contributed by atoms with Crippen molar-refractivity contribution in [2.24, 2.45) is 17.2 Å². The second-order valence-corrected chi connectivity index (χ2v) is 8.15. The van der Waals surface area contributed by atoms with E-state index >= 15 is 0 Å². The maximum Gasteiger partial charge on any atom is 0.0449 e. The van der Waals surface area contributed by atoms with Crippen LogP contribution < -0.4 is 11.3 Å². The molecule has 4 heteroatoms. The van der Waals surface area contributed by atoms with Crippen LogP contribution in [-0.2, 0) is 6.42 Å². The molecule has 2 rings (SSSR count). The highest BCUT2D eigenvalue weighted by Gasteiger charge is 2.41. The van der Waals surface area contributed by atoms with Crippen molar-refractivity contribution in [1.82, 2.24) is 5.43 Å². The molecule has 0 spiro atoms. The summed E-state index contributed by atoms with van der Waals surface area (Å²) in [5.74, 6) is 6.63. The summed E-state index contributed by atoms with van der Waals surface area (Å²) >= 11 is 9.85. The Morgan fingerprint density at radius 2 is 2.00 bits per heavy atom. The Balaban J connectivity index is 2.20. The quantitative estimate of drug-likeness (QED) is 0.539. The molecule has 0 aromatic heterocycles. The molecule has 1 aromatic rings. The van der Waals surface area contributed by atoms with E-state index < -0.39 is 0 Å². The van der Waals surface area contributed by atoms with Gasteiger partial charge in [0.1, 0.15) is 0 Å². The number of hydrogen-bond donors (Lipinski definition) is 2. The molecule has 118 valence electrons. The van der Waals surface area contributed by atoms with E-state index in [0.29, 0.717) is 17.4 Å². The second kappa shape index (κ2) is 7.45. The summed E-state index contributed by atoms with van der Waals surface area (Å²) in [5.41, 5.74) is 4.61. The lowest BCUT2D eigenvalue weighted by Crippen LogP contribution is -2.49. The minimum absolute atomic E-state index is 0.293. The number of benzene rings is 1. The number of halogens is 2. The smallest absolute Gasteiger partial charge is 0.0449 e. The van der Waals surface area contributed by atoms with Gasteiger partial charge in [-0.3, -0.25) is 11.3 Å². The van der Waals surface area contributed by atoms with Gasteiger partial charge in [0.05, 0.1) is 0 Å². The van der Waals surface area contributed by atoms with Gasteiger partial charge in [-0.05, 0) is 54.7 Å². The largest absolute Gasteiger partial charge is 0.271 e. The highest BCUT2D eigenvalue weighted by molar-refractivity contribution is 9.10. The van der Waals surface area contributed by atoms with Crippen LogP contribution in [-0.4, -0.2) is 6.04 Å². The predicted molar refractivity (Wildman–Crippen MR) is 94.3 cm³/mol. The molecule has 1 aliphatic rings. The number of rotatable bonds is 6. The van der Waals surface area contributed by atoms with Gasteiger partial charge in [-0.1, -0.05) is 60.3 Å². The first kappa shape index (κ1) is 17.3. The van der Waals surface area contributed by atoms with Crippen LogP contribution in [0.5, 0.6) is 0 Å². The Hall–Kier alpha value is -0.0900. The summed E-state index contributed by atoms with van der Waals surface area (Å²) in [7, 11) is 0. The molecule has 0 amide bonds. The standard InChI is InChI=1S/C17H26BrClN2/c1-12(2)11-17(7-3-4-8-17)16(21-20)9-13-5-6-14(18)10-15(13)19/h5-6,10,12,16,21H,3-4,7-9,11,20H2,1-2H3. The molecule has 21 heavy (non-hydrogen) atoms. The third-order valence-electron chi connectivity index (χ3n) is 4.79. The van der Waals surface area contributed by atoms with Gasteiger partial charge in [0.25, 0.3) is 0 Å². The first-order chi connectivity index (χ1) is 9.97. The molecule has 0 saturated heterocycles. The molecule has 1 aliphatic carbocycles. The van der Waals surface area contributed by atoms with Crippen LogP contribution in [0.15, 0.2) is 22.7 Å². The topological polar surface area (TPSA) is 38.0 Å². The Morgan fingerprint density at radius 1 is 1.33 bits per heavy atom. The van der Waals surface area contributed by atoms with Gasteiger partial charge in [0.15, 0.2) is 0 Å². The van der Waals surface area contributed by atoms with Crippen molar-refractivity contribution in [3.63, 3.8) is 0 Å². The van der Waals surface area contributed by atoms with Gasteiger partial charge < -0.3 is 0 Å². The Labute approximate surface area is 141 Å². The van der Waals surface area contributed by atoms with Gasteiger partial charge in [-0.2, -0.15) is 0 Å². The highest BCUT2D eigenvalue weighted by Crippen LogP contribution is 2.46. The van der Waals surface area contributed by atoms with Crippen molar-refractivity contribution in [1.29, 1.82) is 0 Å². The van der Waals surface area contributed by atoms with E-state index in [4.69, 9.17) is 17.4 Å². The summed E-state index contributed by atoms with van der Waals surface area (Å²) < 4.78 is 1.02. The number of nitrogens with one attached hydrogen (secondary N) is 1. The molecule has 1 saturated carbocycles. The van der Waals surface area contributed by atoms with Gasteiger partial charge in [0, 0.05) is 15.5 Å². The summed E-state index contributed by atoms with van der Waals surface area (Å²) in [6.07, 6.45) is 7.31. The fourth-order valence-corrected chi connectivity index (χ4v) is 4.70. The van der Waals surface area contributed by atoms with Crippen LogP contribution in [0, 0.1) is 11.3 Å². The molecule has 1 unspecified atom stereocenters. The monoisotopic (exact) mass is 372 g/mol. The van der Waals surface area contributed by atoms with Crippen molar-refractivity contribution in [3.05, 3.63) is 33.3 Å². The van der Waals surface area contributed by atoms with E-state index in [1.54, 1.807) is 0 Å².